The Morgan fingerprint density at radius 2 is 1.74 bits per heavy atom. The monoisotopic (exact) mass is 479 g/mol. The fraction of sp³-hybridized carbons (Fsp3) is 0.409. The first-order chi connectivity index (χ1) is 12.9. The van der Waals surface area contributed by atoms with Crippen molar-refractivity contribution in [2.45, 2.75) is 25.4 Å². The van der Waals surface area contributed by atoms with Gasteiger partial charge in [-0.3, -0.25) is 4.99 Å². The number of nitrogens with one attached hydrogen (secondary N) is 2. The zero-order chi connectivity index (χ0) is 18.0. The van der Waals surface area contributed by atoms with Crippen LogP contribution >= 0.6 is 24.0 Å². The number of aliphatic imine (C=N–C) groups is 1. The molecule has 1 aliphatic rings. The zero-order valence-corrected chi connectivity index (χ0v) is 18.3. The third-order valence-electron chi connectivity index (χ3n) is 4.88. The van der Waals surface area contributed by atoms with Crippen molar-refractivity contribution < 1.29 is 4.74 Å². The predicted molar refractivity (Wildman–Crippen MR) is 123 cm³/mol. The first-order valence-corrected chi connectivity index (χ1v) is 9.52. The van der Waals surface area contributed by atoms with Gasteiger partial charge in [0, 0.05) is 32.7 Å². The Kier molecular flexibility index (Phi) is 9.62. The van der Waals surface area contributed by atoms with Crippen LogP contribution in [0.3, 0.4) is 0 Å². The lowest BCUT2D eigenvalue weighted by Gasteiger charge is -2.32. The molecule has 0 amide bonds. The summed E-state index contributed by atoms with van der Waals surface area (Å²) in [6, 6.07) is 21.1. The number of halogens is 1. The molecule has 2 N–H and O–H groups in total. The Hall–Kier alpha value is -1.60. The molecular formula is C22H30IN3O. The molecule has 2 unspecified atom stereocenters. The van der Waals surface area contributed by atoms with Crippen LogP contribution in [0, 0.1) is 5.92 Å². The second kappa shape index (κ2) is 12.0. The van der Waals surface area contributed by atoms with Gasteiger partial charge in [0.2, 0.25) is 0 Å². The van der Waals surface area contributed by atoms with Crippen molar-refractivity contribution in [1.29, 1.82) is 0 Å². The van der Waals surface area contributed by atoms with Crippen LogP contribution < -0.4 is 10.6 Å². The van der Waals surface area contributed by atoms with Crippen LogP contribution in [0.25, 0.3) is 0 Å². The molecule has 0 bridgehead atoms. The van der Waals surface area contributed by atoms with Gasteiger partial charge < -0.3 is 15.4 Å². The van der Waals surface area contributed by atoms with E-state index in [1.165, 1.54) is 17.5 Å². The van der Waals surface area contributed by atoms with Gasteiger partial charge in [0.15, 0.2) is 5.96 Å². The average Bonchev–Trinajstić information content (AvgIpc) is 2.72. The fourth-order valence-corrected chi connectivity index (χ4v) is 3.48. The minimum atomic E-state index is 0. The van der Waals surface area contributed by atoms with Crippen molar-refractivity contribution in [1.82, 2.24) is 10.6 Å². The summed E-state index contributed by atoms with van der Waals surface area (Å²) in [5, 5.41) is 6.89. The molecule has 0 aromatic heterocycles. The molecule has 0 radical (unpaired) electrons. The molecule has 0 aliphatic carbocycles. The van der Waals surface area contributed by atoms with E-state index in [0.717, 1.165) is 38.5 Å². The minimum absolute atomic E-state index is 0. The lowest BCUT2D eigenvalue weighted by atomic mass is 9.89. The Bertz CT molecular complexity index is 678. The van der Waals surface area contributed by atoms with E-state index in [1.807, 2.05) is 13.1 Å². The normalized spacial score (nSPS) is 19.8. The van der Waals surface area contributed by atoms with Gasteiger partial charge in [0.25, 0.3) is 0 Å². The third kappa shape index (κ3) is 6.81. The maximum Gasteiger partial charge on any atom is 0.190 e. The van der Waals surface area contributed by atoms with Gasteiger partial charge in [-0.25, -0.2) is 0 Å². The van der Waals surface area contributed by atoms with Gasteiger partial charge in [-0.1, -0.05) is 60.7 Å². The van der Waals surface area contributed by atoms with Gasteiger partial charge in [0.05, 0.1) is 6.10 Å². The molecule has 0 saturated carbocycles. The van der Waals surface area contributed by atoms with Crippen LogP contribution in [0.4, 0.5) is 0 Å². The molecule has 4 nitrogen and oxygen atoms in total. The number of guanidine groups is 1. The number of ether oxygens (including phenoxy) is 1. The summed E-state index contributed by atoms with van der Waals surface area (Å²) in [7, 11) is 1.82. The first-order valence-electron chi connectivity index (χ1n) is 9.52. The van der Waals surface area contributed by atoms with Gasteiger partial charge in [-0.15, -0.1) is 24.0 Å². The van der Waals surface area contributed by atoms with Crippen LogP contribution in [0.2, 0.25) is 0 Å². The smallest absolute Gasteiger partial charge is 0.190 e. The highest BCUT2D eigenvalue weighted by atomic mass is 127. The van der Waals surface area contributed by atoms with E-state index < -0.39 is 0 Å². The summed E-state index contributed by atoms with van der Waals surface area (Å²) in [6.45, 7) is 2.58. The van der Waals surface area contributed by atoms with Crippen molar-refractivity contribution in [3.05, 3.63) is 71.8 Å². The molecule has 1 aliphatic heterocycles. The summed E-state index contributed by atoms with van der Waals surface area (Å²) < 4.78 is 6.08. The van der Waals surface area contributed by atoms with Crippen LogP contribution in [0.5, 0.6) is 0 Å². The van der Waals surface area contributed by atoms with E-state index in [4.69, 9.17) is 4.74 Å². The van der Waals surface area contributed by atoms with E-state index in [0.29, 0.717) is 5.92 Å². The number of benzene rings is 2. The van der Waals surface area contributed by atoms with E-state index >= 15 is 0 Å². The second-order valence-electron chi connectivity index (χ2n) is 6.72. The highest BCUT2D eigenvalue weighted by Crippen LogP contribution is 2.32. The number of hydrogen-bond donors (Lipinski definition) is 2. The Balaban J connectivity index is 0.00000261. The maximum atomic E-state index is 6.08. The lowest BCUT2D eigenvalue weighted by Crippen LogP contribution is -2.42. The molecule has 27 heavy (non-hydrogen) atoms. The molecule has 2 atom stereocenters. The van der Waals surface area contributed by atoms with E-state index in [2.05, 4.69) is 70.2 Å². The van der Waals surface area contributed by atoms with Crippen molar-refractivity contribution in [2.24, 2.45) is 10.9 Å². The van der Waals surface area contributed by atoms with Gasteiger partial charge in [-0.05, 0) is 30.4 Å². The summed E-state index contributed by atoms with van der Waals surface area (Å²) in [4.78, 5) is 4.36. The van der Waals surface area contributed by atoms with E-state index in [1.54, 1.807) is 0 Å². The Morgan fingerprint density at radius 1 is 1.04 bits per heavy atom. The highest BCUT2D eigenvalue weighted by Gasteiger charge is 2.27. The number of rotatable bonds is 6. The first kappa shape index (κ1) is 21.7. The van der Waals surface area contributed by atoms with Crippen molar-refractivity contribution in [3.63, 3.8) is 0 Å². The summed E-state index contributed by atoms with van der Waals surface area (Å²) >= 11 is 0. The molecule has 1 saturated heterocycles. The average molecular weight is 479 g/mol. The summed E-state index contributed by atoms with van der Waals surface area (Å²) in [5.74, 6) is 1.32. The number of nitrogens with zero attached hydrogens (tertiary/aromatic N) is 1. The Labute approximate surface area is 179 Å². The summed E-state index contributed by atoms with van der Waals surface area (Å²) in [6.07, 6.45) is 3.45. The Morgan fingerprint density at radius 3 is 2.44 bits per heavy atom. The molecular weight excluding hydrogens is 449 g/mol. The van der Waals surface area contributed by atoms with Crippen LogP contribution in [0.1, 0.15) is 30.1 Å². The third-order valence-corrected chi connectivity index (χ3v) is 4.88. The fourth-order valence-electron chi connectivity index (χ4n) is 3.48. The molecule has 3 rings (SSSR count). The van der Waals surface area contributed by atoms with Gasteiger partial charge >= 0.3 is 0 Å². The largest absolute Gasteiger partial charge is 0.373 e. The topological polar surface area (TPSA) is 45.7 Å². The van der Waals surface area contributed by atoms with Crippen molar-refractivity contribution in [3.8, 4) is 0 Å². The van der Waals surface area contributed by atoms with Gasteiger partial charge in [0.1, 0.15) is 0 Å². The van der Waals surface area contributed by atoms with Crippen LogP contribution in [-0.2, 0) is 11.2 Å². The molecule has 2 aromatic carbocycles. The molecule has 1 fully saturated rings. The minimum Gasteiger partial charge on any atom is -0.373 e. The lowest BCUT2D eigenvalue weighted by molar-refractivity contribution is -0.0265. The second-order valence-corrected chi connectivity index (χ2v) is 6.72. The zero-order valence-electron chi connectivity index (χ0n) is 15.9. The molecule has 2 aromatic rings. The maximum absolute atomic E-state index is 6.08. The van der Waals surface area contributed by atoms with Crippen LogP contribution in [0.15, 0.2) is 65.7 Å². The predicted octanol–water partition coefficient (Wildman–Crippen LogP) is 4.18. The van der Waals surface area contributed by atoms with Crippen LogP contribution in [-0.4, -0.2) is 32.7 Å². The summed E-state index contributed by atoms with van der Waals surface area (Å²) in [5.41, 5.74) is 2.60. The SMILES string of the molecule is CN=C(NCCc1ccccc1)NCC1CCCOC1c1ccccc1.I. The molecule has 146 valence electrons. The quantitative estimate of drug-likeness (QED) is 0.371. The molecule has 0 spiro atoms. The van der Waals surface area contributed by atoms with Crippen molar-refractivity contribution >= 4 is 29.9 Å². The number of hydrogen-bond acceptors (Lipinski definition) is 2. The molecule has 1 heterocycles. The van der Waals surface area contributed by atoms with E-state index in [9.17, 15) is 0 Å². The van der Waals surface area contributed by atoms with E-state index in [-0.39, 0.29) is 30.1 Å². The molecule has 5 heteroatoms. The van der Waals surface area contributed by atoms with Crippen molar-refractivity contribution in [2.75, 3.05) is 26.7 Å². The highest BCUT2D eigenvalue weighted by molar-refractivity contribution is 14.0. The standard InChI is InChI=1S/C22H29N3O.HI/c1-23-22(24-15-14-18-9-4-2-5-10-18)25-17-20-13-8-16-26-21(20)19-11-6-3-7-12-19;/h2-7,9-12,20-21H,8,13-17H2,1H3,(H2,23,24,25);1H. The van der Waals surface area contributed by atoms with Gasteiger partial charge in [-0.2, -0.15) is 0 Å².